The van der Waals surface area contributed by atoms with E-state index in [4.69, 9.17) is 23.7 Å². The number of halogens is 1. The predicted molar refractivity (Wildman–Crippen MR) is 282 cm³/mol. The van der Waals surface area contributed by atoms with E-state index in [2.05, 4.69) is 85.9 Å². The van der Waals surface area contributed by atoms with E-state index in [1.807, 2.05) is 34.1 Å². The number of likely N-dealkylation sites (tertiary alicyclic amines) is 1. The second kappa shape index (κ2) is 16.2. The molecule has 14 aliphatic rings. The van der Waals surface area contributed by atoms with Gasteiger partial charge in [0.2, 0.25) is 0 Å². The molecule has 71 heavy (non-hydrogen) atoms. The van der Waals surface area contributed by atoms with Crippen molar-refractivity contribution in [2.45, 2.75) is 210 Å². The number of ether oxygens (including phenoxy) is 5. The molecule has 2 aromatic carbocycles. The van der Waals surface area contributed by atoms with E-state index in [9.17, 15) is 15.3 Å². The maximum atomic E-state index is 12.2. The maximum Gasteiger partial charge on any atom is 0.165 e. The normalized spacial score (nSPS) is 41.8. The molecule has 8 saturated carbocycles. The number of methoxy groups -OCH3 is 3. The van der Waals surface area contributed by atoms with Gasteiger partial charge in [0.1, 0.15) is 23.4 Å². The molecule has 4 spiro atoms. The SMILES string of the molecule is BrCC1CC1.C.CO[C@@]12CCC3(C[C@@H]1[C@](C)(O)C(C)(C)C)[C@H]1Cc4ccc(O)c5c4[C@@]3(CCN1CC1CC1)[C@H]2O5.COc1ccc2c3c1O[C@H]1[C@]4(OC)CCC5(C[C@@H]4[C@](C)(O)C(C)(C)C)[C@@H](C2)NCC[C@]315. The topological polar surface area (TPSA) is 122 Å². The number of piperidine rings is 2. The fourth-order valence-electron chi connectivity index (χ4n) is 18.5. The Hall–Kier alpha value is -2.12. The van der Waals surface area contributed by atoms with Crippen LogP contribution in [0.15, 0.2) is 24.3 Å². The van der Waals surface area contributed by atoms with Crippen LogP contribution in [0.3, 0.4) is 0 Å². The lowest BCUT2D eigenvalue weighted by atomic mass is 9.33. The summed E-state index contributed by atoms with van der Waals surface area (Å²) in [6.45, 7) is 20.3. The minimum atomic E-state index is -0.909. The van der Waals surface area contributed by atoms with Crippen LogP contribution in [0.25, 0.3) is 0 Å². The molecule has 10 nitrogen and oxygen atoms in total. The molecule has 8 bridgehead atoms. The molecule has 14 atom stereocenters. The number of hydrogen-bond donors (Lipinski definition) is 4. The van der Waals surface area contributed by atoms with E-state index in [1.165, 1.54) is 59.8 Å². The number of phenolic OH excluding ortho intramolecular Hbond substituents is 1. The van der Waals surface area contributed by atoms with E-state index in [1.54, 1.807) is 7.11 Å². The summed E-state index contributed by atoms with van der Waals surface area (Å²) in [6, 6.07) is 9.19. The van der Waals surface area contributed by atoms with Crippen LogP contribution in [-0.4, -0.2) is 113 Å². The predicted octanol–water partition coefficient (Wildman–Crippen LogP) is 10.4. The van der Waals surface area contributed by atoms with Crippen molar-refractivity contribution < 1.29 is 39.0 Å². The van der Waals surface area contributed by atoms with Gasteiger partial charge in [-0.25, -0.2) is 0 Å². The molecule has 4 aliphatic heterocycles. The van der Waals surface area contributed by atoms with Gasteiger partial charge >= 0.3 is 0 Å². The van der Waals surface area contributed by atoms with Crippen molar-refractivity contribution in [3.05, 3.63) is 46.5 Å². The van der Waals surface area contributed by atoms with Gasteiger partial charge < -0.3 is 44.3 Å². The lowest BCUT2D eigenvalue weighted by molar-refractivity contribution is -0.312. The first-order chi connectivity index (χ1) is 33.0. The average Bonchev–Trinajstić information content (AvgIpc) is 4.26. The Morgan fingerprint density at radius 3 is 1.77 bits per heavy atom. The third kappa shape index (κ3) is 6.26. The van der Waals surface area contributed by atoms with Crippen molar-refractivity contribution in [2.24, 2.45) is 45.3 Å². The summed E-state index contributed by atoms with van der Waals surface area (Å²) in [5.74, 6) is 4.63. The first kappa shape index (κ1) is 51.0. The first-order valence-electron chi connectivity index (χ1n) is 27.5. The van der Waals surface area contributed by atoms with Gasteiger partial charge in [0, 0.05) is 82.8 Å². The number of hydrogen-bond acceptors (Lipinski definition) is 10. The van der Waals surface area contributed by atoms with Crippen LogP contribution in [0.5, 0.6) is 23.0 Å². The van der Waals surface area contributed by atoms with Gasteiger partial charge in [0.15, 0.2) is 23.0 Å². The number of alkyl halides is 1. The van der Waals surface area contributed by atoms with Gasteiger partial charge in [-0.05, 0) is 163 Å². The molecule has 0 aromatic heterocycles. The Bertz CT molecular complexity index is 2440. The van der Waals surface area contributed by atoms with Crippen molar-refractivity contribution >= 4 is 15.9 Å². The largest absolute Gasteiger partial charge is 0.504 e. The quantitative estimate of drug-likeness (QED) is 0.190. The molecule has 10 aliphatic carbocycles. The van der Waals surface area contributed by atoms with Crippen LogP contribution < -0.4 is 19.5 Å². The van der Waals surface area contributed by atoms with E-state index >= 15 is 0 Å². The zero-order chi connectivity index (χ0) is 49.6. The van der Waals surface area contributed by atoms with E-state index in [0.29, 0.717) is 17.8 Å². The van der Waals surface area contributed by atoms with Crippen LogP contribution in [0.2, 0.25) is 0 Å². The van der Waals surface area contributed by atoms with E-state index in [-0.39, 0.29) is 69.7 Å². The van der Waals surface area contributed by atoms with Crippen molar-refractivity contribution in [1.29, 1.82) is 0 Å². The number of aliphatic hydroxyl groups is 2. The second-order valence-corrected chi connectivity index (χ2v) is 28.1. The Balaban J connectivity index is 0.000000139. The first-order valence-corrected chi connectivity index (χ1v) is 28.6. The van der Waals surface area contributed by atoms with Gasteiger partial charge in [0.25, 0.3) is 0 Å². The Morgan fingerprint density at radius 2 is 1.23 bits per heavy atom. The highest BCUT2D eigenvalue weighted by molar-refractivity contribution is 9.09. The molecule has 10 fully saturated rings. The molecule has 2 aromatic rings. The van der Waals surface area contributed by atoms with E-state index in [0.717, 1.165) is 101 Å². The Kier molecular flexibility index (Phi) is 11.6. The summed E-state index contributed by atoms with van der Waals surface area (Å²) in [5.41, 5.74) is 1.91. The fraction of sp³-hybridized carbons (Fsp3) is 0.800. The molecule has 2 saturated heterocycles. The number of rotatable bonds is 8. The summed E-state index contributed by atoms with van der Waals surface area (Å²) >= 11 is 3.38. The Morgan fingerprint density at radius 1 is 0.690 bits per heavy atom. The standard InChI is InChI=1S/C29H41NO4.C26H37NO4.C4H7Br.CH4/c1-25(2,3)26(4,32)20-15-27-10-11-29(20,33-5)24-28(27)12-13-30(16-17-6-7-17)21(27)14-18-8-9-19(31)23(34-24)22(18)28;1-22(2,3)23(4,28)17-14-24-9-10-26(17,30-6)21-25(24)11-12-27-18(24)13-15-7-8-16(29-5)20(31-21)19(15)25;5-3-4-1-2-4;/h8-9,17,20-21,24,31-32H,6-7,10-16H2,1-5H3;7-8,17-18,21,27-28H,9-14H2,1-6H3;4H,1-3H2;1H4/t20-,21-,24-,26+,27?,28+,29+;17-,18-,21-,23+,24?,25+,26+;;/m11../s1. The molecule has 0 amide bonds. The Labute approximate surface area is 434 Å². The van der Waals surface area contributed by atoms with Gasteiger partial charge in [-0.3, -0.25) is 4.90 Å². The van der Waals surface area contributed by atoms with Crippen LogP contribution in [-0.2, 0) is 33.1 Å². The van der Waals surface area contributed by atoms with Gasteiger partial charge in [-0.2, -0.15) is 0 Å². The fourth-order valence-corrected chi connectivity index (χ4v) is 19.2. The number of nitrogens with one attached hydrogen (secondary N) is 1. The molecular formula is C60H89BrN2O8. The third-order valence-corrected chi connectivity index (χ3v) is 24.3. The van der Waals surface area contributed by atoms with Crippen molar-refractivity contribution in [3.8, 4) is 23.0 Å². The summed E-state index contributed by atoms with van der Waals surface area (Å²) in [4.78, 5) is 2.82. The summed E-state index contributed by atoms with van der Waals surface area (Å²) in [7, 11) is 5.40. The van der Waals surface area contributed by atoms with Gasteiger partial charge in [0.05, 0.1) is 18.3 Å². The smallest absolute Gasteiger partial charge is 0.165 e. The van der Waals surface area contributed by atoms with Crippen LogP contribution in [0.4, 0.5) is 0 Å². The maximum absolute atomic E-state index is 12.2. The molecule has 394 valence electrons. The van der Waals surface area contributed by atoms with Gasteiger partial charge in [-0.15, -0.1) is 0 Å². The van der Waals surface area contributed by atoms with Crippen molar-refractivity contribution in [1.82, 2.24) is 10.2 Å². The minimum absolute atomic E-state index is 0. The number of fused-ring (bicyclic) bond motifs is 4. The highest BCUT2D eigenvalue weighted by Gasteiger charge is 2.84. The lowest BCUT2D eigenvalue weighted by Gasteiger charge is -2.75. The van der Waals surface area contributed by atoms with Crippen LogP contribution in [0, 0.1) is 45.3 Å². The highest BCUT2D eigenvalue weighted by atomic mass is 79.9. The van der Waals surface area contributed by atoms with Crippen LogP contribution >= 0.6 is 15.9 Å². The molecule has 0 radical (unpaired) electrons. The van der Waals surface area contributed by atoms with Gasteiger partial charge in [-0.1, -0.05) is 77.0 Å². The average molecular weight is 1050 g/mol. The van der Waals surface area contributed by atoms with Crippen molar-refractivity contribution in [3.63, 3.8) is 0 Å². The van der Waals surface area contributed by atoms with Crippen molar-refractivity contribution in [2.75, 3.05) is 46.3 Å². The number of aromatic hydroxyl groups is 1. The minimum Gasteiger partial charge on any atom is -0.504 e. The second-order valence-electron chi connectivity index (χ2n) is 27.4. The molecule has 2 unspecified atom stereocenters. The summed E-state index contributed by atoms with van der Waals surface area (Å²) in [6.07, 6.45) is 15.6. The van der Waals surface area contributed by atoms with Crippen LogP contribution in [0.1, 0.15) is 162 Å². The highest BCUT2D eigenvalue weighted by Crippen LogP contribution is 2.79. The monoisotopic (exact) mass is 1040 g/mol. The molecule has 11 heteroatoms. The third-order valence-electron chi connectivity index (χ3n) is 23.4. The molecular weight excluding hydrogens is 957 g/mol. The van der Waals surface area contributed by atoms with E-state index < -0.39 is 22.4 Å². The zero-order valence-corrected chi connectivity index (χ0v) is 46.0. The number of nitrogens with zero attached hydrogens (tertiary/aromatic N) is 1. The summed E-state index contributed by atoms with van der Waals surface area (Å²) in [5, 5.41) is 40.3. The zero-order valence-electron chi connectivity index (χ0n) is 44.4. The summed E-state index contributed by atoms with van der Waals surface area (Å²) < 4.78 is 32.7. The molecule has 4 N–H and O–H groups in total. The molecule has 16 rings (SSSR count). The lowest BCUT2D eigenvalue weighted by Crippen LogP contribution is -2.83. The number of benzene rings is 2. The molecule has 4 heterocycles. The number of phenols is 1.